The van der Waals surface area contributed by atoms with Crippen LogP contribution in [-0.2, 0) is 28.6 Å². The third-order valence-corrected chi connectivity index (χ3v) is 4.05. The Morgan fingerprint density at radius 1 is 1.00 bits per heavy atom. The molecule has 4 nitrogen and oxygen atoms in total. The van der Waals surface area contributed by atoms with E-state index in [9.17, 15) is 27.9 Å². The number of hydrogen-bond donors (Lipinski definition) is 2. The number of hydrogen-bond acceptors (Lipinski definition) is 2. The highest BCUT2D eigenvalue weighted by Gasteiger charge is 2.30. The molecule has 1 amide bonds. The summed E-state index contributed by atoms with van der Waals surface area (Å²) in [4.78, 5) is 23.4. The lowest BCUT2D eigenvalue weighted by Crippen LogP contribution is -2.41. The largest absolute Gasteiger partial charge is 0.480 e. The van der Waals surface area contributed by atoms with Gasteiger partial charge in [0.1, 0.15) is 6.04 Å². The van der Waals surface area contributed by atoms with Crippen LogP contribution in [0.4, 0.5) is 13.2 Å². The molecule has 1 atom stereocenters. The van der Waals surface area contributed by atoms with Crippen LogP contribution in [0.25, 0.3) is 0 Å². The second kappa shape index (κ2) is 9.21. The van der Waals surface area contributed by atoms with Crippen molar-refractivity contribution in [1.29, 1.82) is 0 Å². The summed E-state index contributed by atoms with van der Waals surface area (Å²) in [5.41, 5.74) is 0.401. The lowest BCUT2D eigenvalue weighted by Gasteiger charge is -2.15. The molecule has 0 radical (unpaired) electrons. The van der Waals surface area contributed by atoms with Crippen LogP contribution in [0.3, 0.4) is 0 Å². The molecule has 0 spiro atoms. The number of aliphatic carboxylic acids is 1. The van der Waals surface area contributed by atoms with Gasteiger partial charge in [-0.25, -0.2) is 4.79 Å². The molecular weight excluding hydrogens is 359 g/mol. The number of alkyl halides is 3. The first-order valence-electron chi connectivity index (χ1n) is 8.48. The van der Waals surface area contributed by atoms with Gasteiger partial charge in [0.05, 0.1) is 12.0 Å². The van der Waals surface area contributed by atoms with Gasteiger partial charge in [0, 0.05) is 0 Å². The summed E-state index contributed by atoms with van der Waals surface area (Å²) in [5.74, 6) is -1.79. The zero-order valence-corrected chi connectivity index (χ0v) is 14.5. The van der Waals surface area contributed by atoms with Gasteiger partial charge < -0.3 is 10.4 Å². The van der Waals surface area contributed by atoms with Crippen molar-refractivity contribution in [3.05, 3.63) is 71.3 Å². The molecule has 0 unspecified atom stereocenters. The molecule has 27 heavy (non-hydrogen) atoms. The van der Waals surface area contributed by atoms with E-state index in [1.807, 2.05) is 30.3 Å². The van der Waals surface area contributed by atoms with E-state index in [0.717, 1.165) is 17.7 Å². The SMILES string of the molecule is O=C(Cc1cccc(C(F)(F)F)c1)N[C@@H](CCCc1ccccc1)C(=O)O. The summed E-state index contributed by atoms with van der Waals surface area (Å²) in [5, 5.41) is 11.7. The van der Waals surface area contributed by atoms with Gasteiger partial charge in [0.25, 0.3) is 0 Å². The molecule has 0 saturated carbocycles. The van der Waals surface area contributed by atoms with Crippen LogP contribution in [-0.4, -0.2) is 23.0 Å². The minimum absolute atomic E-state index is 0.177. The Balaban J connectivity index is 1.90. The third kappa shape index (κ3) is 6.77. The second-order valence-electron chi connectivity index (χ2n) is 6.21. The van der Waals surface area contributed by atoms with Crippen LogP contribution in [0, 0.1) is 0 Å². The smallest absolute Gasteiger partial charge is 0.416 e. The molecular formula is C20H20F3NO3. The van der Waals surface area contributed by atoms with Gasteiger partial charge in [-0.2, -0.15) is 13.2 Å². The molecule has 7 heteroatoms. The van der Waals surface area contributed by atoms with Crippen molar-refractivity contribution in [2.24, 2.45) is 0 Å². The van der Waals surface area contributed by atoms with Crippen LogP contribution < -0.4 is 5.32 Å². The zero-order valence-electron chi connectivity index (χ0n) is 14.5. The molecule has 0 saturated heterocycles. The number of aryl methyl sites for hydroxylation is 1. The first kappa shape index (κ1) is 20.5. The summed E-state index contributed by atoms with van der Waals surface area (Å²) < 4.78 is 38.2. The van der Waals surface area contributed by atoms with Crippen LogP contribution in [0.15, 0.2) is 54.6 Å². The highest BCUT2D eigenvalue weighted by atomic mass is 19.4. The van der Waals surface area contributed by atoms with Gasteiger partial charge in [-0.05, 0) is 36.5 Å². The molecule has 0 heterocycles. The maximum absolute atomic E-state index is 12.7. The van der Waals surface area contributed by atoms with E-state index in [4.69, 9.17) is 0 Å². The first-order chi connectivity index (χ1) is 12.8. The fourth-order valence-electron chi connectivity index (χ4n) is 2.70. The normalized spacial score (nSPS) is 12.4. The minimum Gasteiger partial charge on any atom is -0.480 e. The minimum atomic E-state index is -4.49. The number of halogens is 3. The molecule has 2 rings (SSSR count). The highest BCUT2D eigenvalue weighted by molar-refractivity contribution is 5.84. The zero-order chi connectivity index (χ0) is 19.9. The monoisotopic (exact) mass is 379 g/mol. The van der Waals surface area contributed by atoms with Gasteiger partial charge in [-0.1, -0.05) is 48.5 Å². The van der Waals surface area contributed by atoms with Gasteiger partial charge >= 0.3 is 12.1 Å². The van der Waals surface area contributed by atoms with Crippen LogP contribution in [0.2, 0.25) is 0 Å². The number of nitrogens with one attached hydrogen (secondary N) is 1. The van der Waals surface area contributed by atoms with Crippen molar-refractivity contribution in [3.63, 3.8) is 0 Å². The van der Waals surface area contributed by atoms with Crippen molar-refractivity contribution in [1.82, 2.24) is 5.32 Å². The molecule has 2 N–H and O–H groups in total. The Morgan fingerprint density at radius 3 is 2.30 bits per heavy atom. The third-order valence-electron chi connectivity index (χ3n) is 4.05. The molecule has 144 valence electrons. The molecule has 0 aliphatic rings. The molecule has 0 bridgehead atoms. The summed E-state index contributed by atoms with van der Waals surface area (Å²) in [6.45, 7) is 0. The van der Waals surface area contributed by atoms with E-state index >= 15 is 0 Å². The fourth-order valence-corrected chi connectivity index (χ4v) is 2.70. The standard InChI is InChI=1S/C20H20F3NO3/c21-20(22,23)16-10-4-9-15(12-16)13-18(25)24-17(19(26)27)11-5-8-14-6-2-1-3-7-14/h1-4,6-7,9-10,12,17H,5,8,11,13H2,(H,24,25)(H,26,27)/t17-/m0/s1. The van der Waals surface area contributed by atoms with Crippen LogP contribution >= 0.6 is 0 Å². The van der Waals surface area contributed by atoms with E-state index < -0.39 is 29.7 Å². The van der Waals surface area contributed by atoms with Crippen LogP contribution in [0.5, 0.6) is 0 Å². The van der Waals surface area contributed by atoms with Crippen LogP contribution in [0.1, 0.15) is 29.5 Å². The summed E-state index contributed by atoms with van der Waals surface area (Å²) in [6.07, 6.45) is -3.34. The Hall–Kier alpha value is -2.83. The van der Waals surface area contributed by atoms with E-state index in [1.165, 1.54) is 12.1 Å². The Kier molecular flexibility index (Phi) is 6.98. The second-order valence-corrected chi connectivity index (χ2v) is 6.21. The number of carboxylic acid groups (broad SMARTS) is 1. The maximum atomic E-state index is 12.7. The van der Waals surface area contributed by atoms with Crippen molar-refractivity contribution >= 4 is 11.9 Å². The van der Waals surface area contributed by atoms with E-state index in [1.54, 1.807) is 0 Å². The van der Waals surface area contributed by atoms with Crippen molar-refractivity contribution < 1.29 is 27.9 Å². The molecule has 0 aliphatic heterocycles. The van der Waals surface area contributed by atoms with Gasteiger partial charge in [-0.3, -0.25) is 4.79 Å². The Morgan fingerprint density at radius 2 is 1.67 bits per heavy atom. The average molecular weight is 379 g/mol. The number of carboxylic acids is 1. The fraction of sp³-hybridized carbons (Fsp3) is 0.300. The van der Waals surface area contributed by atoms with Crippen molar-refractivity contribution in [3.8, 4) is 0 Å². The number of carbonyl (C=O) groups is 2. The van der Waals surface area contributed by atoms with Gasteiger partial charge in [0.2, 0.25) is 5.91 Å². The number of amides is 1. The summed E-state index contributed by atoms with van der Waals surface area (Å²) >= 11 is 0. The predicted octanol–water partition coefficient (Wildman–Crippen LogP) is 3.84. The summed E-state index contributed by atoms with van der Waals surface area (Å²) in [7, 11) is 0. The quantitative estimate of drug-likeness (QED) is 0.732. The number of benzene rings is 2. The van der Waals surface area contributed by atoms with Crippen molar-refractivity contribution in [2.45, 2.75) is 37.9 Å². The molecule has 0 aromatic heterocycles. The Bertz CT molecular complexity index is 776. The predicted molar refractivity (Wildman–Crippen MR) is 94.1 cm³/mol. The van der Waals surface area contributed by atoms with Gasteiger partial charge in [0.15, 0.2) is 0 Å². The molecule has 2 aromatic rings. The topological polar surface area (TPSA) is 66.4 Å². The summed E-state index contributed by atoms with van der Waals surface area (Å²) in [6, 6.07) is 12.9. The lowest BCUT2D eigenvalue weighted by atomic mass is 10.0. The molecule has 0 fully saturated rings. The first-order valence-corrected chi connectivity index (χ1v) is 8.48. The van der Waals surface area contributed by atoms with E-state index in [-0.39, 0.29) is 18.4 Å². The molecule has 0 aliphatic carbocycles. The van der Waals surface area contributed by atoms with E-state index in [2.05, 4.69) is 5.32 Å². The number of carbonyl (C=O) groups excluding carboxylic acids is 1. The Labute approximate surface area is 155 Å². The number of rotatable bonds is 8. The maximum Gasteiger partial charge on any atom is 0.416 e. The highest BCUT2D eigenvalue weighted by Crippen LogP contribution is 2.29. The average Bonchev–Trinajstić information content (AvgIpc) is 2.61. The lowest BCUT2D eigenvalue weighted by molar-refractivity contribution is -0.142. The molecule has 2 aromatic carbocycles. The van der Waals surface area contributed by atoms with Gasteiger partial charge in [-0.15, -0.1) is 0 Å². The van der Waals surface area contributed by atoms with Crippen molar-refractivity contribution in [2.75, 3.05) is 0 Å². The van der Waals surface area contributed by atoms with E-state index in [0.29, 0.717) is 12.8 Å².